The molecule has 0 aliphatic rings. The Morgan fingerprint density at radius 2 is 0.837 bits per heavy atom. The summed E-state index contributed by atoms with van der Waals surface area (Å²) in [5.74, 6) is -0.598. The van der Waals surface area contributed by atoms with Crippen LogP contribution in [0.4, 0.5) is 0 Å². The van der Waals surface area contributed by atoms with Crippen molar-refractivity contribution in [2.24, 2.45) is 0 Å². The SMILES string of the molecule is CCCCCCCC/C=C\CCCCCCCCC(O)C(=O)NC(CO)C(O)C(O)CCC/C=C/CCCCCCCCCCCCCC. The molecule has 0 spiro atoms. The van der Waals surface area contributed by atoms with Crippen molar-refractivity contribution < 1.29 is 25.2 Å². The number of aliphatic hydroxyl groups is 4. The number of rotatable bonds is 38. The zero-order valence-electron chi connectivity index (χ0n) is 32.4. The Morgan fingerprint density at radius 1 is 0.490 bits per heavy atom. The highest BCUT2D eigenvalue weighted by Crippen LogP contribution is 2.15. The van der Waals surface area contributed by atoms with Crippen LogP contribution in [0.25, 0.3) is 0 Å². The van der Waals surface area contributed by atoms with E-state index < -0.39 is 36.9 Å². The summed E-state index contributed by atoms with van der Waals surface area (Å²) in [6.45, 7) is 4.03. The van der Waals surface area contributed by atoms with E-state index in [1.54, 1.807) is 0 Å². The van der Waals surface area contributed by atoms with Gasteiger partial charge in [0.25, 0.3) is 0 Å². The molecular weight excluding hydrogens is 610 g/mol. The summed E-state index contributed by atoms with van der Waals surface area (Å²) in [6, 6.07) is -1.00. The highest BCUT2D eigenvalue weighted by atomic mass is 16.3. The quantitative estimate of drug-likeness (QED) is 0.0327. The molecule has 0 rings (SSSR count). The van der Waals surface area contributed by atoms with Crippen molar-refractivity contribution in [3.8, 4) is 0 Å². The third-order valence-electron chi connectivity index (χ3n) is 9.88. The predicted molar refractivity (Wildman–Crippen MR) is 210 cm³/mol. The van der Waals surface area contributed by atoms with Gasteiger partial charge < -0.3 is 25.7 Å². The molecule has 290 valence electrons. The molecule has 0 aliphatic heterocycles. The Hall–Kier alpha value is -1.21. The fourth-order valence-corrected chi connectivity index (χ4v) is 6.46. The summed E-state index contributed by atoms with van der Waals surface area (Å²) < 4.78 is 0. The standard InChI is InChI=1S/C43H83NO5/c1-3-5-7-9-11-13-15-17-19-21-23-24-26-28-30-32-34-36-40(46)42(48)39(38-45)44-43(49)41(47)37-35-33-31-29-27-25-22-20-18-16-14-12-10-8-6-4-2/h18,20,28,30,39-42,45-48H,3-17,19,21-27,29,31-38H2,1-2H3,(H,44,49)/b20-18-,30-28+. The van der Waals surface area contributed by atoms with Gasteiger partial charge in [0.1, 0.15) is 12.2 Å². The number of carbonyl (C=O) groups is 1. The Bertz CT molecular complexity index is 742. The summed E-state index contributed by atoms with van der Waals surface area (Å²) in [7, 11) is 0. The second kappa shape index (κ2) is 38.0. The zero-order valence-corrected chi connectivity index (χ0v) is 32.4. The van der Waals surface area contributed by atoms with Crippen LogP contribution in [-0.2, 0) is 4.79 Å². The van der Waals surface area contributed by atoms with Crippen molar-refractivity contribution in [3.63, 3.8) is 0 Å². The van der Waals surface area contributed by atoms with Crippen LogP contribution in [0, 0.1) is 0 Å². The number of carbonyl (C=O) groups excluding carboxylic acids is 1. The summed E-state index contributed by atoms with van der Waals surface area (Å²) >= 11 is 0. The molecule has 6 nitrogen and oxygen atoms in total. The fraction of sp³-hybridized carbons (Fsp3) is 0.884. The molecule has 4 unspecified atom stereocenters. The Labute approximate surface area is 304 Å². The number of nitrogens with one attached hydrogen (secondary N) is 1. The molecule has 1 amide bonds. The van der Waals surface area contributed by atoms with Gasteiger partial charge in [0, 0.05) is 0 Å². The summed E-state index contributed by atoms with van der Waals surface area (Å²) in [6.07, 6.45) is 42.0. The van der Waals surface area contributed by atoms with E-state index in [0.29, 0.717) is 12.8 Å². The lowest BCUT2D eigenvalue weighted by atomic mass is 10.00. The summed E-state index contributed by atoms with van der Waals surface area (Å²) in [4.78, 5) is 12.5. The van der Waals surface area contributed by atoms with Crippen molar-refractivity contribution in [2.75, 3.05) is 6.61 Å². The average molecular weight is 694 g/mol. The van der Waals surface area contributed by atoms with Crippen molar-refractivity contribution in [1.82, 2.24) is 5.32 Å². The van der Waals surface area contributed by atoms with E-state index in [0.717, 1.165) is 44.9 Å². The second-order valence-corrected chi connectivity index (χ2v) is 14.7. The molecule has 0 aromatic heterocycles. The highest BCUT2D eigenvalue weighted by Gasteiger charge is 2.28. The van der Waals surface area contributed by atoms with E-state index in [1.165, 1.54) is 141 Å². The molecule has 0 heterocycles. The van der Waals surface area contributed by atoms with Gasteiger partial charge >= 0.3 is 0 Å². The van der Waals surface area contributed by atoms with E-state index in [1.807, 2.05) is 0 Å². The van der Waals surface area contributed by atoms with E-state index in [4.69, 9.17) is 0 Å². The molecular formula is C43H83NO5. The molecule has 0 fully saturated rings. The maximum absolute atomic E-state index is 12.5. The molecule has 49 heavy (non-hydrogen) atoms. The molecule has 5 N–H and O–H groups in total. The topological polar surface area (TPSA) is 110 Å². The van der Waals surface area contributed by atoms with E-state index >= 15 is 0 Å². The highest BCUT2D eigenvalue weighted by molar-refractivity contribution is 5.80. The van der Waals surface area contributed by atoms with Crippen LogP contribution in [-0.4, -0.2) is 57.3 Å². The first-order valence-electron chi connectivity index (χ1n) is 21.2. The van der Waals surface area contributed by atoms with Crippen molar-refractivity contribution in [2.45, 2.75) is 237 Å². The number of hydrogen-bond acceptors (Lipinski definition) is 5. The molecule has 0 bridgehead atoms. The van der Waals surface area contributed by atoms with Gasteiger partial charge in [-0.3, -0.25) is 4.79 Å². The van der Waals surface area contributed by atoms with Gasteiger partial charge in [-0.05, 0) is 64.2 Å². The van der Waals surface area contributed by atoms with Gasteiger partial charge in [0.05, 0.1) is 18.8 Å². The lowest BCUT2D eigenvalue weighted by Gasteiger charge is -2.27. The predicted octanol–water partition coefficient (Wildman–Crippen LogP) is 10.8. The van der Waals surface area contributed by atoms with Crippen LogP contribution in [0.3, 0.4) is 0 Å². The van der Waals surface area contributed by atoms with Crippen LogP contribution in [0.15, 0.2) is 24.3 Å². The normalized spacial score (nSPS) is 14.5. The molecule has 0 aromatic carbocycles. The van der Waals surface area contributed by atoms with Crippen LogP contribution < -0.4 is 5.32 Å². The van der Waals surface area contributed by atoms with Gasteiger partial charge in [-0.1, -0.05) is 173 Å². The maximum Gasteiger partial charge on any atom is 0.249 e. The lowest BCUT2D eigenvalue weighted by molar-refractivity contribution is -0.132. The first kappa shape index (κ1) is 47.8. The van der Waals surface area contributed by atoms with Crippen LogP contribution >= 0.6 is 0 Å². The Kier molecular flexibility index (Phi) is 37.1. The Morgan fingerprint density at radius 3 is 1.22 bits per heavy atom. The maximum atomic E-state index is 12.5. The number of allylic oxidation sites excluding steroid dienone is 4. The lowest BCUT2D eigenvalue weighted by Crippen LogP contribution is -2.53. The van der Waals surface area contributed by atoms with Gasteiger partial charge in [-0.15, -0.1) is 0 Å². The number of amides is 1. The Balaban J connectivity index is 3.81. The van der Waals surface area contributed by atoms with Gasteiger partial charge in [0.2, 0.25) is 5.91 Å². The van der Waals surface area contributed by atoms with Crippen molar-refractivity contribution in [3.05, 3.63) is 24.3 Å². The number of aliphatic hydroxyl groups excluding tert-OH is 4. The smallest absolute Gasteiger partial charge is 0.249 e. The van der Waals surface area contributed by atoms with Crippen LogP contribution in [0.1, 0.15) is 213 Å². The van der Waals surface area contributed by atoms with E-state index in [-0.39, 0.29) is 0 Å². The number of unbranched alkanes of at least 4 members (excludes halogenated alkanes) is 25. The first-order chi connectivity index (χ1) is 24.0. The summed E-state index contributed by atoms with van der Waals surface area (Å²) in [5.41, 5.74) is 0. The van der Waals surface area contributed by atoms with E-state index in [2.05, 4.69) is 43.5 Å². The molecule has 0 aliphatic carbocycles. The van der Waals surface area contributed by atoms with Gasteiger partial charge in [-0.25, -0.2) is 0 Å². The molecule has 0 saturated heterocycles. The average Bonchev–Trinajstić information content (AvgIpc) is 3.11. The fourth-order valence-electron chi connectivity index (χ4n) is 6.46. The van der Waals surface area contributed by atoms with Crippen LogP contribution in [0.5, 0.6) is 0 Å². The monoisotopic (exact) mass is 694 g/mol. The van der Waals surface area contributed by atoms with Crippen LogP contribution in [0.2, 0.25) is 0 Å². The van der Waals surface area contributed by atoms with Gasteiger partial charge in [-0.2, -0.15) is 0 Å². The minimum Gasteiger partial charge on any atom is -0.394 e. The molecule has 0 radical (unpaired) electrons. The summed E-state index contributed by atoms with van der Waals surface area (Å²) in [5, 5.41) is 43.6. The minimum atomic E-state index is -1.28. The zero-order chi connectivity index (χ0) is 36.0. The first-order valence-corrected chi connectivity index (χ1v) is 21.2. The third-order valence-corrected chi connectivity index (χ3v) is 9.88. The van der Waals surface area contributed by atoms with Gasteiger partial charge in [0.15, 0.2) is 0 Å². The number of hydrogen-bond donors (Lipinski definition) is 5. The molecule has 4 atom stereocenters. The molecule has 0 saturated carbocycles. The third kappa shape index (κ3) is 32.4. The molecule has 6 heteroatoms. The largest absolute Gasteiger partial charge is 0.394 e. The van der Waals surface area contributed by atoms with Crippen molar-refractivity contribution >= 4 is 5.91 Å². The minimum absolute atomic E-state index is 0.357. The van der Waals surface area contributed by atoms with Crippen molar-refractivity contribution in [1.29, 1.82) is 0 Å². The second-order valence-electron chi connectivity index (χ2n) is 14.7. The van der Waals surface area contributed by atoms with E-state index in [9.17, 15) is 25.2 Å². The molecule has 0 aromatic rings.